The first-order valence-corrected chi connectivity index (χ1v) is 7.26. The fraction of sp³-hybridized carbons (Fsp3) is 0.0588. The minimum Gasteiger partial charge on any atom is -0.493 e. The van der Waals surface area contributed by atoms with E-state index in [1.54, 1.807) is 48.7 Å². The summed E-state index contributed by atoms with van der Waals surface area (Å²) in [6.45, 7) is 0. The second-order valence-corrected chi connectivity index (χ2v) is 4.76. The van der Waals surface area contributed by atoms with Gasteiger partial charge in [-0.1, -0.05) is 18.2 Å². The van der Waals surface area contributed by atoms with Gasteiger partial charge < -0.3 is 14.2 Å². The van der Waals surface area contributed by atoms with Crippen molar-refractivity contribution >= 4 is 12.4 Å². The Hall–Kier alpha value is -3.68. The van der Waals surface area contributed by atoms with Gasteiger partial charge in [0.15, 0.2) is 11.5 Å². The number of nitrogens with zero attached hydrogens (tertiary/aromatic N) is 4. The monoisotopic (exact) mass is 338 g/mol. The molecule has 0 aliphatic rings. The number of para-hydroxylation sites is 1. The maximum Gasteiger partial charge on any atom is 0.519 e. The van der Waals surface area contributed by atoms with E-state index in [9.17, 15) is 4.79 Å². The van der Waals surface area contributed by atoms with Crippen LogP contribution >= 0.6 is 0 Å². The zero-order valence-electron chi connectivity index (χ0n) is 13.3. The maximum atomic E-state index is 11.9. The van der Waals surface area contributed by atoms with E-state index in [4.69, 9.17) is 14.2 Å². The Morgan fingerprint density at radius 3 is 2.52 bits per heavy atom. The van der Waals surface area contributed by atoms with Crippen LogP contribution in [0, 0.1) is 0 Å². The number of carbonyl (C=O) groups is 1. The quantitative estimate of drug-likeness (QED) is 0.404. The normalized spacial score (nSPS) is 10.6. The summed E-state index contributed by atoms with van der Waals surface area (Å²) in [4.78, 5) is 11.9. The molecule has 0 unspecified atom stereocenters. The molecule has 0 spiro atoms. The highest BCUT2D eigenvalue weighted by atomic mass is 16.7. The third-order valence-electron chi connectivity index (χ3n) is 3.07. The van der Waals surface area contributed by atoms with Gasteiger partial charge in [-0.2, -0.15) is 5.10 Å². The van der Waals surface area contributed by atoms with Gasteiger partial charge >= 0.3 is 6.16 Å². The van der Waals surface area contributed by atoms with E-state index >= 15 is 0 Å². The van der Waals surface area contributed by atoms with Crippen LogP contribution in [0.5, 0.6) is 17.2 Å². The maximum absolute atomic E-state index is 11.9. The second-order valence-electron chi connectivity index (χ2n) is 4.76. The predicted octanol–water partition coefficient (Wildman–Crippen LogP) is 2.75. The summed E-state index contributed by atoms with van der Waals surface area (Å²) < 4.78 is 17.0. The van der Waals surface area contributed by atoms with Crippen LogP contribution in [0.3, 0.4) is 0 Å². The lowest BCUT2D eigenvalue weighted by Gasteiger charge is -2.10. The van der Waals surface area contributed by atoms with Gasteiger partial charge in [-0.3, -0.25) is 0 Å². The first-order chi connectivity index (χ1) is 12.2. The second kappa shape index (κ2) is 7.73. The van der Waals surface area contributed by atoms with Crippen molar-refractivity contribution in [1.82, 2.24) is 14.9 Å². The summed E-state index contributed by atoms with van der Waals surface area (Å²) in [6, 6.07) is 13.6. The van der Waals surface area contributed by atoms with Gasteiger partial charge in [-0.05, 0) is 35.9 Å². The Labute approximate surface area is 143 Å². The molecule has 25 heavy (non-hydrogen) atoms. The molecule has 0 amide bonds. The Bertz CT molecular complexity index is 864. The molecule has 1 heterocycles. The molecule has 0 aliphatic heterocycles. The van der Waals surface area contributed by atoms with E-state index in [0.717, 1.165) is 5.56 Å². The molecule has 0 aliphatic carbocycles. The van der Waals surface area contributed by atoms with Crippen molar-refractivity contribution in [3.63, 3.8) is 0 Å². The fourth-order valence-electron chi connectivity index (χ4n) is 1.93. The van der Waals surface area contributed by atoms with Crippen LogP contribution < -0.4 is 14.2 Å². The fourth-order valence-corrected chi connectivity index (χ4v) is 1.93. The molecule has 8 heteroatoms. The molecular weight excluding hydrogens is 324 g/mol. The molecule has 2 aromatic carbocycles. The number of carbonyl (C=O) groups excluding carboxylic acids is 1. The van der Waals surface area contributed by atoms with Crippen LogP contribution in [-0.2, 0) is 0 Å². The molecule has 126 valence electrons. The van der Waals surface area contributed by atoms with E-state index in [1.165, 1.54) is 24.4 Å². The Kier molecular flexibility index (Phi) is 5.01. The smallest absolute Gasteiger partial charge is 0.493 e. The summed E-state index contributed by atoms with van der Waals surface area (Å²) >= 11 is 0. The number of ether oxygens (including phenoxy) is 3. The Morgan fingerprint density at radius 1 is 1.04 bits per heavy atom. The first-order valence-electron chi connectivity index (χ1n) is 7.26. The minimum atomic E-state index is -0.851. The van der Waals surface area contributed by atoms with Crippen molar-refractivity contribution in [1.29, 1.82) is 0 Å². The SMILES string of the molecule is COc1cc(C=Nn2cnnc2)ccc1OC(=O)Oc1ccccc1. The molecular formula is C17H14N4O4. The number of rotatable bonds is 5. The number of hydrogen-bond acceptors (Lipinski definition) is 7. The Balaban J connectivity index is 1.70. The summed E-state index contributed by atoms with van der Waals surface area (Å²) in [5.41, 5.74) is 0.745. The molecule has 0 bridgehead atoms. The van der Waals surface area contributed by atoms with Gasteiger partial charge in [0.25, 0.3) is 0 Å². The van der Waals surface area contributed by atoms with Gasteiger partial charge in [-0.25, -0.2) is 9.47 Å². The molecule has 0 saturated heterocycles. The summed E-state index contributed by atoms with van der Waals surface area (Å²) in [5, 5.41) is 11.4. The lowest BCUT2D eigenvalue weighted by molar-refractivity contribution is 0.150. The first kappa shape index (κ1) is 16.2. The summed E-state index contributed by atoms with van der Waals surface area (Å²) in [6.07, 6.45) is 3.67. The number of hydrogen-bond donors (Lipinski definition) is 0. The zero-order chi connectivity index (χ0) is 17.5. The molecule has 3 aromatic rings. The lowest BCUT2D eigenvalue weighted by atomic mass is 10.2. The zero-order valence-corrected chi connectivity index (χ0v) is 13.3. The van der Waals surface area contributed by atoms with Crippen LogP contribution in [0.1, 0.15) is 5.56 Å². The van der Waals surface area contributed by atoms with Crippen LogP contribution in [0.25, 0.3) is 0 Å². The topological polar surface area (TPSA) is 87.8 Å². The highest BCUT2D eigenvalue weighted by Gasteiger charge is 2.12. The third-order valence-corrected chi connectivity index (χ3v) is 3.07. The van der Waals surface area contributed by atoms with E-state index in [0.29, 0.717) is 11.5 Å². The van der Waals surface area contributed by atoms with E-state index < -0.39 is 6.16 Å². The highest BCUT2D eigenvalue weighted by molar-refractivity contribution is 5.81. The lowest BCUT2D eigenvalue weighted by Crippen LogP contribution is -2.14. The highest BCUT2D eigenvalue weighted by Crippen LogP contribution is 2.28. The van der Waals surface area contributed by atoms with Crippen LogP contribution in [0.4, 0.5) is 4.79 Å². The standard InChI is InChI=1S/C17H14N4O4/c1-23-16-9-13(10-20-21-11-18-19-12-21)7-8-15(16)25-17(22)24-14-5-3-2-4-6-14/h2-12H,1H3. The number of benzene rings is 2. The summed E-state index contributed by atoms with van der Waals surface area (Å²) in [7, 11) is 1.48. The van der Waals surface area contributed by atoms with Gasteiger partial charge in [0.05, 0.1) is 13.3 Å². The van der Waals surface area contributed by atoms with Crippen LogP contribution in [0.15, 0.2) is 66.3 Å². The third kappa shape index (κ3) is 4.41. The van der Waals surface area contributed by atoms with Gasteiger partial charge in [0, 0.05) is 0 Å². The van der Waals surface area contributed by atoms with Crippen molar-refractivity contribution in [2.75, 3.05) is 7.11 Å². The van der Waals surface area contributed by atoms with Crippen molar-refractivity contribution in [3.8, 4) is 17.2 Å². The molecule has 0 saturated carbocycles. The van der Waals surface area contributed by atoms with Crippen molar-refractivity contribution in [2.45, 2.75) is 0 Å². The molecule has 0 radical (unpaired) electrons. The summed E-state index contributed by atoms with van der Waals surface area (Å²) in [5.74, 6) is 1.01. The number of aromatic nitrogens is 3. The molecule has 8 nitrogen and oxygen atoms in total. The van der Waals surface area contributed by atoms with Crippen LogP contribution in [0.2, 0.25) is 0 Å². The minimum absolute atomic E-state index is 0.241. The Morgan fingerprint density at radius 2 is 1.80 bits per heavy atom. The van der Waals surface area contributed by atoms with Gasteiger partial charge in [0.2, 0.25) is 0 Å². The number of methoxy groups -OCH3 is 1. The van der Waals surface area contributed by atoms with E-state index in [-0.39, 0.29) is 5.75 Å². The van der Waals surface area contributed by atoms with Crippen molar-refractivity contribution in [2.24, 2.45) is 5.10 Å². The molecule has 0 N–H and O–H groups in total. The van der Waals surface area contributed by atoms with Crippen LogP contribution in [-0.4, -0.2) is 34.4 Å². The van der Waals surface area contributed by atoms with Gasteiger partial charge in [0.1, 0.15) is 18.4 Å². The average Bonchev–Trinajstić information content (AvgIpc) is 3.15. The van der Waals surface area contributed by atoms with Crippen molar-refractivity contribution < 1.29 is 19.0 Å². The van der Waals surface area contributed by atoms with E-state index in [2.05, 4.69) is 15.3 Å². The predicted molar refractivity (Wildman–Crippen MR) is 89.1 cm³/mol. The largest absolute Gasteiger partial charge is 0.519 e. The molecule has 0 fully saturated rings. The molecule has 0 atom stereocenters. The van der Waals surface area contributed by atoms with E-state index in [1.807, 2.05) is 6.07 Å². The average molecular weight is 338 g/mol. The molecule has 1 aromatic heterocycles. The van der Waals surface area contributed by atoms with Crippen molar-refractivity contribution in [3.05, 3.63) is 66.7 Å². The molecule has 3 rings (SSSR count). The van der Waals surface area contributed by atoms with Gasteiger partial charge in [-0.15, -0.1) is 10.2 Å².